The van der Waals surface area contributed by atoms with E-state index in [1.807, 2.05) is 0 Å². The van der Waals surface area contributed by atoms with Crippen LogP contribution in [0.3, 0.4) is 0 Å². The van der Waals surface area contributed by atoms with Crippen LogP contribution in [0.4, 0.5) is 0 Å². The molecule has 0 aromatic carbocycles. The Hall–Kier alpha value is 0. The lowest BCUT2D eigenvalue weighted by Gasteiger charge is -2.52. The standard InChI is InChI=1S/C19H34/c1-19(2,16-11-4-3-5-12-16)18-14-8-10-15-9-6-7-13-17(15)18/h15-18H,3-14H2,1-2H3/t15-,17-,18?/m1/s1. The van der Waals surface area contributed by atoms with Crippen molar-refractivity contribution in [1.82, 2.24) is 0 Å². The van der Waals surface area contributed by atoms with Crippen LogP contribution in [-0.2, 0) is 0 Å². The SMILES string of the molecule is CC(C)(C1CCCCC1)C1CCC[C@H]2CCCC[C@@H]12. The highest BCUT2D eigenvalue weighted by molar-refractivity contribution is 4.95. The first-order valence-electron chi connectivity index (χ1n) is 9.19. The normalized spacial score (nSPS) is 37.9. The molecular weight excluding hydrogens is 228 g/mol. The maximum Gasteiger partial charge on any atom is -0.0295 e. The van der Waals surface area contributed by atoms with E-state index in [9.17, 15) is 0 Å². The zero-order chi connectivity index (χ0) is 13.3. The summed E-state index contributed by atoms with van der Waals surface area (Å²) in [5.74, 6) is 4.29. The predicted molar refractivity (Wildman–Crippen MR) is 83.1 cm³/mol. The lowest BCUT2D eigenvalue weighted by atomic mass is 9.53. The van der Waals surface area contributed by atoms with Gasteiger partial charge in [-0.2, -0.15) is 0 Å². The van der Waals surface area contributed by atoms with Gasteiger partial charge in [0, 0.05) is 0 Å². The summed E-state index contributed by atoms with van der Waals surface area (Å²) in [6.07, 6.45) is 18.4. The zero-order valence-electron chi connectivity index (χ0n) is 13.3. The molecule has 3 aliphatic carbocycles. The van der Waals surface area contributed by atoms with Crippen LogP contribution < -0.4 is 0 Å². The third kappa shape index (κ3) is 2.74. The molecule has 0 heteroatoms. The van der Waals surface area contributed by atoms with Crippen LogP contribution in [0.25, 0.3) is 0 Å². The highest BCUT2D eigenvalue weighted by Crippen LogP contribution is 2.54. The van der Waals surface area contributed by atoms with Crippen molar-refractivity contribution in [3.05, 3.63) is 0 Å². The topological polar surface area (TPSA) is 0 Å². The van der Waals surface area contributed by atoms with Crippen LogP contribution in [-0.4, -0.2) is 0 Å². The van der Waals surface area contributed by atoms with Crippen LogP contribution in [0.15, 0.2) is 0 Å². The van der Waals surface area contributed by atoms with E-state index in [4.69, 9.17) is 0 Å². The summed E-state index contributed by atoms with van der Waals surface area (Å²) in [6, 6.07) is 0. The molecule has 0 radical (unpaired) electrons. The van der Waals surface area contributed by atoms with Gasteiger partial charge in [-0.1, -0.05) is 65.2 Å². The van der Waals surface area contributed by atoms with Gasteiger partial charge in [-0.05, 0) is 54.8 Å². The van der Waals surface area contributed by atoms with Crippen molar-refractivity contribution >= 4 is 0 Å². The average molecular weight is 262 g/mol. The van der Waals surface area contributed by atoms with Gasteiger partial charge in [-0.25, -0.2) is 0 Å². The largest absolute Gasteiger partial charge is 0.0594 e. The fraction of sp³-hybridized carbons (Fsp3) is 1.00. The number of hydrogen-bond donors (Lipinski definition) is 0. The monoisotopic (exact) mass is 262 g/mol. The van der Waals surface area contributed by atoms with Gasteiger partial charge in [0.25, 0.3) is 0 Å². The highest BCUT2D eigenvalue weighted by Gasteiger charge is 2.45. The van der Waals surface area contributed by atoms with Crippen LogP contribution >= 0.6 is 0 Å². The molecule has 3 atom stereocenters. The van der Waals surface area contributed by atoms with Crippen LogP contribution in [0.5, 0.6) is 0 Å². The molecule has 3 aliphatic rings. The third-order valence-electron chi connectivity index (χ3n) is 7.19. The fourth-order valence-corrected chi connectivity index (χ4v) is 6.01. The minimum atomic E-state index is 0.626. The molecule has 110 valence electrons. The second-order valence-electron chi connectivity index (χ2n) is 8.40. The second kappa shape index (κ2) is 5.78. The average Bonchev–Trinajstić information content (AvgIpc) is 2.47. The summed E-state index contributed by atoms with van der Waals surface area (Å²) < 4.78 is 0. The Bertz CT molecular complexity index is 282. The van der Waals surface area contributed by atoms with Crippen molar-refractivity contribution in [3.63, 3.8) is 0 Å². The predicted octanol–water partition coefficient (Wildman–Crippen LogP) is 6.20. The van der Waals surface area contributed by atoms with Crippen LogP contribution in [0.2, 0.25) is 0 Å². The molecule has 3 rings (SSSR count). The van der Waals surface area contributed by atoms with Crippen molar-refractivity contribution in [2.45, 2.75) is 90.9 Å². The van der Waals surface area contributed by atoms with E-state index in [2.05, 4.69) is 13.8 Å². The highest BCUT2D eigenvalue weighted by atomic mass is 14.5. The molecule has 0 aromatic rings. The van der Waals surface area contributed by atoms with Crippen molar-refractivity contribution in [2.24, 2.45) is 29.1 Å². The van der Waals surface area contributed by atoms with E-state index in [0.29, 0.717) is 5.41 Å². The maximum atomic E-state index is 2.64. The second-order valence-corrected chi connectivity index (χ2v) is 8.40. The maximum absolute atomic E-state index is 2.64. The summed E-state index contributed by atoms with van der Waals surface area (Å²) in [4.78, 5) is 0. The quantitative estimate of drug-likeness (QED) is 0.556. The van der Waals surface area contributed by atoms with E-state index < -0.39 is 0 Å². The molecule has 0 bridgehead atoms. The Balaban J connectivity index is 1.74. The van der Waals surface area contributed by atoms with E-state index in [1.165, 1.54) is 51.4 Å². The third-order valence-corrected chi connectivity index (χ3v) is 7.19. The van der Waals surface area contributed by atoms with Gasteiger partial charge >= 0.3 is 0 Å². The van der Waals surface area contributed by atoms with E-state index in [1.54, 1.807) is 25.7 Å². The lowest BCUT2D eigenvalue weighted by Crippen LogP contribution is -2.43. The van der Waals surface area contributed by atoms with Gasteiger partial charge in [-0.3, -0.25) is 0 Å². The van der Waals surface area contributed by atoms with Crippen LogP contribution in [0.1, 0.15) is 90.9 Å². The first-order valence-corrected chi connectivity index (χ1v) is 9.19. The molecule has 0 aromatic heterocycles. The van der Waals surface area contributed by atoms with E-state index in [-0.39, 0.29) is 0 Å². The van der Waals surface area contributed by atoms with Gasteiger partial charge in [0.15, 0.2) is 0 Å². The first kappa shape index (κ1) is 14.0. The van der Waals surface area contributed by atoms with E-state index >= 15 is 0 Å². The molecule has 0 heterocycles. The first-order chi connectivity index (χ1) is 9.19. The molecule has 0 saturated heterocycles. The van der Waals surface area contributed by atoms with Gasteiger partial charge in [-0.15, -0.1) is 0 Å². The van der Waals surface area contributed by atoms with Crippen molar-refractivity contribution in [1.29, 1.82) is 0 Å². The molecule has 1 unspecified atom stereocenters. The van der Waals surface area contributed by atoms with Gasteiger partial charge < -0.3 is 0 Å². The van der Waals surface area contributed by atoms with Gasteiger partial charge in [0.05, 0.1) is 0 Å². The molecule has 19 heavy (non-hydrogen) atoms. The lowest BCUT2D eigenvalue weighted by molar-refractivity contribution is -0.0203. The number of rotatable bonds is 2. The zero-order valence-corrected chi connectivity index (χ0v) is 13.3. The molecule has 3 fully saturated rings. The van der Waals surface area contributed by atoms with Crippen molar-refractivity contribution in [2.75, 3.05) is 0 Å². The van der Waals surface area contributed by atoms with Gasteiger partial charge in [0.1, 0.15) is 0 Å². The van der Waals surface area contributed by atoms with Gasteiger partial charge in [0.2, 0.25) is 0 Å². The Morgan fingerprint density at radius 2 is 1.26 bits per heavy atom. The summed E-state index contributed by atoms with van der Waals surface area (Å²) >= 11 is 0. The molecule has 3 saturated carbocycles. The minimum absolute atomic E-state index is 0.626. The Morgan fingerprint density at radius 1 is 0.632 bits per heavy atom. The number of hydrogen-bond acceptors (Lipinski definition) is 0. The van der Waals surface area contributed by atoms with Crippen molar-refractivity contribution in [3.8, 4) is 0 Å². The summed E-state index contributed by atoms with van der Waals surface area (Å²) in [6.45, 7) is 5.29. The number of fused-ring (bicyclic) bond motifs is 1. The molecule has 0 N–H and O–H groups in total. The van der Waals surface area contributed by atoms with Crippen LogP contribution in [0, 0.1) is 29.1 Å². The molecular formula is C19H34. The van der Waals surface area contributed by atoms with E-state index in [0.717, 1.165) is 23.7 Å². The summed E-state index contributed by atoms with van der Waals surface area (Å²) in [5.41, 5.74) is 0.626. The Labute approximate surface area is 120 Å². The Morgan fingerprint density at radius 3 is 2.05 bits per heavy atom. The summed E-state index contributed by atoms with van der Waals surface area (Å²) in [5, 5.41) is 0. The minimum Gasteiger partial charge on any atom is -0.0594 e. The fourth-order valence-electron chi connectivity index (χ4n) is 6.01. The molecule has 0 aliphatic heterocycles. The molecule has 0 spiro atoms. The van der Waals surface area contributed by atoms with Crippen molar-refractivity contribution < 1.29 is 0 Å². The summed E-state index contributed by atoms with van der Waals surface area (Å²) in [7, 11) is 0. The molecule has 0 nitrogen and oxygen atoms in total. The Kier molecular flexibility index (Phi) is 4.25. The smallest absolute Gasteiger partial charge is 0.0295 e. The molecule has 0 amide bonds.